The van der Waals surface area contributed by atoms with Crippen molar-refractivity contribution in [3.63, 3.8) is 0 Å². The molecule has 0 bridgehead atoms. The first-order valence-corrected chi connectivity index (χ1v) is 9.98. The molecule has 1 fully saturated rings. The van der Waals surface area contributed by atoms with E-state index in [4.69, 9.17) is 4.74 Å². The normalized spacial score (nSPS) is 16.6. The first kappa shape index (κ1) is 19.9. The number of pyridine rings is 1. The maximum absolute atomic E-state index is 12.6. The van der Waals surface area contributed by atoms with Crippen molar-refractivity contribution in [1.82, 2.24) is 19.0 Å². The van der Waals surface area contributed by atoms with E-state index in [2.05, 4.69) is 4.98 Å². The molecule has 0 aliphatic carbocycles. The number of benzene rings is 1. The number of nitrogens with zero attached hydrogens (tertiary/aromatic N) is 4. The Balaban J connectivity index is 1.53. The van der Waals surface area contributed by atoms with Gasteiger partial charge in [0.1, 0.15) is 11.4 Å². The Hall–Kier alpha value is -3.42. The second-order valence-corrected chi connectivity index (χ2v) is 7.59. The first-order chi connectivity index (χ1) is 14.5. The Bertz CT molecular complexity index is 1200. The van der Waals surface area contributed by atoms with Crippen molar-refractivity contribution < 1.29 is 9.53 Å². The quantitative estimate of drug-likeness (QED) is 0.652. The number of hydrogen-bond acceptors (Lipinski definition) is 5. The number of amides is 1. The molecule has 0 N–H and O–H groups in total. The van der Waals surface area contributed by atoms with Gasteiger partial charge in [0.05, 0.1) is 5.39 Å². The minimum Gasteiger partial charge on any atom is -0.484 e. The predicted octanol–water partition coefficient (Wildman–Crippen LogP) is 1.42. The van der Waals surface area contributed by atoms with Crippen molar-refractivity contribution in [2.24, 2.45) is 14.1 Å². The lowest BCUT2D eigenvalue weighted by molar-refractivity contribution is -0.134. The molecule has 0 spiro atoms. The Morgan fingerprint density at radius 2 is 1.87 bits per heavy atom. The third kappa shape index (κ3) is 3.72. The number of fused-ring (bicyclic) bond motifs is 1. The van der Waals surface area contributed by atoms with E-state index in [-0.39, 0.29) is 24.0 Å². The number of carbonyl (C=O) groups excluding carboxylic acids is 1. The number of rotatable bonds is 4. The Morgan fingerprint density at radius 1 is 1.10 bits per heavy atom. The number of ether oxygens (including phenoxy) is 1. The predicted molar refractivity (Wildman–Crippen MR) is 113 cm³/mol. The SMILES string of the molecule is Cn1c(=O)c2ccc([C@H]3CCCN(C(=O)COc4ccccc4)C3)nc2n(C)c1=O. The molecule has 4 rings (SSSR count). The minimum atomic E-state index is -0.407. The molecule has 1 atom stereocenters. The summed E-state index contributed by atoms with van der Waals surface area (Å²) >= 11 is 0. The molecule has 1 aliphatic heterocycles. The van der Waals surface area contributed by atoms with Crippen LogP contribution in [0, 0.1) is 0 Å². The molecule has 30 heavy (non-hydrogen) atoms. The number of aryl methyl sites for hydroxylation is 1. The van der Waals surface area contributed by atoms with E-state index < -0.39 is 5.69 Å². The molecule has 8 heteroatoms. The lowest BCUT2D eigenvalue weighted by atomic mass is 9.94. The Kier molecular flexibility index (Phi) is 5.39. The van der Waals surface area contributed by atoms with Gasteiger partial charge >= 0.3 is 5.69 Å². The van der Waals surface area contributed by atoms with Crippen LogP contribution in [0.1, 0.15) is 24.5 Å². The van der Waals surface area contributed by atoms with Crippen LogP contribution >= 0.6 is 0 Å². The van der Waals surface area contributed by atoms with E-state index in [1.54, 1.807) is 18.0 Å². The summed E-state index contributed by atoms with van der Waals surface area (Å²) in [5.41, 5.74) is 0.394. The molecule has 1 aliphatic rings. The van der Waals surface area contributed by atoms with Crippen LogP contribution in [0.4, 0.5) is 0 Å². The average molecular weight is 408 g/mol. The number of para-hydroxylation sites is 1. The second kappa shape index (κ2) is 8.14. The smallest absolute Gasteiger partial charge is 0.332 e. The van der Waals surface area contributed by atoms with Gasteiger partial charge in [-0.1, -0.05) is 18.2 Å². The highest BCUT2D eigenvalue weighted by Gasteiger charge is 2.26. The average Bonchev–Trinajstić information content (AvgIpc) is 2.80. The van der Waals surface area contributed by atoms with Gasteiger partial charge in [-0.3, -0.25) is 18.7 Å². The summed E-state index contributed by atoms with van der Waals surface area (Å²) in [6.45, 7) is 1.21. The number of likely N-dealkylation sites (tertiary alicyclic amines) is 1. The van der Waals surface area contributed by atoms with E-state index in [0.717, 1.165) is 23.1 Å². The van der Waals surface area contributed by atoms with Gasteiger partial charge in [0, 0.05) is 38.8 Å². The third-order valence-corrected chi connectivity index (χ3v) is 5.62. The van der Waals surface area contributed by atoms with Crippen LogP contribution in [0.3, 0.4) is 0 Å². The summed E-state index contributed by atoms with van der Waals surface area (Å²) in [4.78, 5) is 43.7. The van der Waals surface area contributed by atoms with Crippen molar-refractivity contribution in [2.75, 3.05) is 19.7 Å². The highest BCUT2D eigenvalue weighted by molar-refractivity contribution is 5.78. The molecule has 3 heterocycles. The topological polar surface area (TPSA) is 86.4 Å². The Morgan fingerprint density at radius 3 is 2.63 bits per heavy atom. The van der Waals surface area contributed by atoms with Crippen molar-refractivity contribution in [2.45, 2.75) is 18.8 Å². The van der Waals surface area contributed by atoms with Crippen LogP contribution in [-0.4, -0.2) is 44.6 Å². The van der Waals surface area contributed by atoms with Crippen LogP contribution in [-0.2, 0) is 18.9 Å². The zero-order valence-corrected chi connectivity index (χ0v) is 17.1. The van der Waals surface area contributed by atoms with Crippen LogP contribution in [0.25, 0.3) is 11.0 Å². The van der Waals surface area contributed by atoms with Crippen LogP contribution in [0.5, 0.6) is 5.75 Å². The standard InChI is InChI=1S/C22H24N4O4/c1-24-20-17(21(28)25(2)22(24)29)10-11-18(23-20)15-7-6-12-26(13-15)19(27)14-30-16-8-4-3-5-9-16/h3-5,8-11,15H,6-7,12-14H2,1-2H3/t15-/m0/s1. The van der Waals surface area contributed by atoms with E-state index in [0.29, 0.717) is 29.9 Å². The molecular weight excluding hydrogens is 384 g/mol. The first-order valence-electron chi connectivity index (χ1n) is 9.98. The fraction of sp³-hybridized carbons (Fsp3) is 0.364. The maximum atomic E-state index is 12.6. The number of aromatic nitrogens is 3. The van der Waals surface area contributed by atoms with Crippen molar-refractivity contribution in [3.8, 4) is 5.75 Å². The molecule has 3 aromatic rings. The van der Waals surface area contributed by atoms with Gasteiger partial charge in [0.25, 0.3) is 11.5 Å². The van der Waals surface area contributed by atoms with Gasteiger partial charge < -0.3 is 9.64 Å². The molecule has 0 radical (unpaired) electrons. The number of carbonyl (C=O) groups is 1. The summed E-state index contributed by atoms with van der Waals surface area (Å²) in [5, 5.41) is 0.406. The fourth-order valence-electron chi connectivity index (χ4n) is 3.89. The molecule has 1 aromatic carbocycles. The molecule has 156 valence electrons. The van der Waals surface area contributed by atoms with E-state index in [1.165, 1.54) is 11.6 Å². The molecular formula is C22H24N4O4. The van der Waals surface area contributed by atoms with Gasteiger partial charge in [-0.25, -0.2) is 9.78 Å². The van der Waals surface area contributed by atoms with Crippen LogP contribution in [0.2, 0.25) is 0 Å². The highest BCUT2D eigenvalue weighted by atomic mass is 16.5. The number of hydrogen-bond donors (Lipinski definition) is 0. The highest BCUT2D eigenvalue weighted by Crippen LogP contribution is 2.26. The van der Waals surface area contributed by atoms with Crippen molar-refractivity contribution >= 4 is 16.9 Å². The summed E-state index contributed by atoms with van der Waals surface area (Å²) in [5.74, 6) is 0.645. The monoisotopic (exact) mass is 408 g/mol. The summed E-state index contributed by atoms with van der Waals surface area (Å²) in [6.07, 6.45) is 1.75. The molecule has 0 unspecified atom stereocenters. The van der Waals surface area contributed by atoms with Crippen LogP contribution < -0.4 is 16.0 Å². The minimum absolute atomic E-state index is 0.00751. The second-order valence-electron chi connectivity index (χ2n) is 7.59. The lowest BCUT2D eigenvalue weighted by Gasteiger charge is -2.32. The van der Waals surface area contributed by atoms with Crippen molar-refractivity contribution in [3.05, 3.63) is 69.0 Å². The molecule has 2 aromatic heterocycles. The zero-order chi connectivity index (χ0) is 21.3. The van der Waals surface area contributed by atoms with E-state index >= 15 is 0 Å². The van der Waals surface area contributed by atoms with Gasteiger partial charge in [0.15, 0.2) is 6.61 Å². The molecule has 0 saturated carbocycles. The summed E-state index contributed by atoms with van der Waals surface area (Å²) in [6, 6.07) is 12.8. The van der Waals surface area contributed by atoms with Gasteiger partial charge in [0.2, 0.25) is 0 Å². The van der Waals surface area contributed by atoms with E-state index in [9.17, 15) is 14.4 Å². The third-order valence-electron chi connectivity index (χ3n) is 5.62. The fourth-order valence-corrected chi connectivity index (χ4v) is 3.89. The number of piperidine rings is 1. The lowest BCUT2D eigenvalue weighted by Crippen LogP contribution is -2.42. The molecule has 8 nitrogen and oxygen atoms in total. The summed E-state index contributed by atoms with van der Waals surface area (Å²) < 4.78 is 8.06. The zero-order valence-electron chi connectivity index (χ0n) is 17.1. The Labute approximate surface area is 173 Å². The van der Waals surface area contributed by atoms with Crippen LogP contribution in [0.15, 0.2) is 52.1 Å². The van der Waals surface area contributed by atoms with Gasteiger partial charge in [-0.05, 0) is 37.1 Å². The molecule has 1 amide bonds. The van der Waals surface area contributed by atoms with Gasteiger partial charge in [-0.2, -0.15) is 0 Å². The summed E-state index contributed by atoms with van der Waals surface area (Å²) in [7, 11) is 3.07. The van der Waals surface area contributed by atoms with Gasteiger partial charge in [-0.15, -0.1) is 0 Å². The largest absolute Gasteiger partial charge is 0.484 e. The van der Waals surface area contributed by atoms with Crippen molar-refractivity contribution in [1.29, 1.82) is 0 Å². The molecule has 1 saturated heterocycles. The maximum Gasteiger partial charge on any atom is 0.332 e. The van der Waals surface area contributed by atoms with E-state index in [1.807, 2.05) is 36.4 Å².